The average molecular weight is 370 g/mol. The molecule has 144 valence electrons. The minimum Gasteiger partial charge on any atom is -0.497 e. The molecule has 1 aliphatic rings. The summed E-state index contributed by atoms with van der Waals surface area (Å²) in [7, 11) is 3.19. The van der Waals surface area contributed by atoms with Gasteiger partial charge in [-0.2, -0.15) is 5.10 Å². The van der Waals surface area contributed by atoms with Crippen LogP contribution in [0.5, 0.6) is 5.75 Å². The molecule has 1 amide bonds. The predicted octanol–water partition coefficient (Wildman–Crippen LogP) is 1.75. The van der Waals surface area contributed by atoms with Gasteiger partial charge in [0.05, 0.1) is 13.2 Å². The predicted molar refractivity (Wildman–Crippen MR) is 103 cm³/mol. The normalized spacial score (nSPS) is 15.9. The van der Waals surface area contributed by atoms with E-state index in [9.17, 15) is 9.59 Å². The van der Waals surface area contributed by atoms with Crippen LogP contribution >= 0.6 is 0 Å². The van der Waals surface area contributed by atoms with Crippen LogP contribution in [0.25, 0.3) is 0 Å². The molecule has 2 aromatic rings. The van der Waals surface area contributed by atoms with Crippen LogP contribution in [0.1, 0.15) is 41.4 Å². The van der Waals surface area contributed by atoms with E-state index in [1.165, 1.54) is 43.1 Å². The summed E-state index contributed by atoms with van der Waals surface area (Å²) in [5.74, 6) is 0.538. The summed E-state index contributed by atoms with van der Waals surface area (Å²) in [6, 6.07) is 10.9. The van der Waals surface area contributed by atoms with Gasteiger partial charge in [-0.05, 0) is 49.7 Å². The summed E-state index contributed by atoms with van der Waals surface area (Å²) in [5.41, 5.74) is 1.15. The molecular weight excluding hydrogens is 344 g/mol. The second kappa shape index (κ2) is 8.81. The van der Waals surface area contributed by atoms with Gasteiger partial charge < -0.3 is 10.1 Å². The van der Waals surface area contributed by atoms with Crippen LogP contribution in [-0.4, -0.2) is 47.3 Å². The minimum absolute atomic E-state index is 0.0905. The third kappa shape index (κ3) is 4.74. The van der Waals surface area contributed by atoms with E-state index < -0.39 is 0 Å². The molecule has 0 unspecified atom stereocenters. The number of likely N-dealkylation sites (tertiary alicyclic amines) is 1. The zero-order valence-electron chi connectivity index (χ0n) is 15.9. The molecule has 7 heteroatoms. The maximum Gasteiger partial charge on any atom is 0.271 e. The van der Waals surface area contributed by atoms with Crippen molar-refractivity contribution >= 4 is 5.91 Å². The SMILES string of the molecule is COc1ccc([C@H](CNC(=O)c2ccc(=O)n(C)n2)N2CCCCC2)cc1. The number of nitrogens with one attached hydrogen (secondary N) is 1. The largest absolute Gasteiger partial charge is 0.497 e. The maximum atomic E-state index is 12.5. The van der Waals surface area contributed by atoms with E-state index in [-0.39, 0.29) is 23.2 Å². The van der Waals surface area contributed by atoms with E-state index in [2.05, 4.69) is 27.4 Å². The standard InChI is InChI=1S/C20H26N4O3/c1-23-19(25)11-10-17(22-23)20(26)21-14-18(24-12-4-3-5-13-24)15-6-8-16(27-2)9-7-15/h6-11,18H,3-5,12-14H2,1-2H3,(H,21,26)/t18-/m0/s1. The molecule has 1 fully saturated rings. The van der Waals surface area contributed by atoms with Gasteiger partial charge in [0.2, 0.25) is 0 Å². The molecule has 0 saturated carbocycles. The Morgan fingerprint density at radius 3 is 2.48 bits per heavy atom. The molecule has 0 spiro atoms. The van der Waals surface area contributed by atoms with Crippen molar-refractivity contribution in [1.29, 1.82) is 0 Å². The second-order valence-electron chi connectivity index (χ2n) is 6.78. The topological polar surface area (TPSA) is 76.5 Å². The van der Waals surface area contributed by atoms with Crippen LogP contribution in [0.15, 0.2) is 41.2 Å². The lowest BCUT2D eigenvalue weighted by Gasteiger charge is -2.35. The number of benzene rings is 1. The van der Waals surface area contributed by atoms with Crippen molar-refractivity contribution in [3.63, 3.8) is 0 Å². The Kier molecular flexibility index (Phi) is 6.24. The number of hydrogen-bond donors (Lipinski definition) is 1. The molecular formula is C20H26N4O3. The highest BCUT2D eigenvalue weighted by atomic mass is 16.5. The van der Waals surface area contributed by atoms with Crippen LogP contribution in [0.3, 0.4) is 0 Å². The second-order valence-corrected chi connectivity index (χ2v) is 6.78. The molecule has 1 aliphatic heterocycles. The van der Waals surface area contributed by atoms with Gasteiger partial charge in [0, 0.05) is 19.7 Å². The fourth-order valence-electron chi connectivity index (χ4n) is 3.42. The average Bonchev–Trinajstić information content (AvgIpc) is 2.71. The van der Waals surface area contributed by atoms with Gasteiger partial charge in [0.25, 0.3) is 11.5 Å². The summed E-state index contributed by atoms with van der Waals surface area (Å²) in [4.78, 5) is 26.4. The van der Waals surface area contributed by atoms with Crippen molar-refractivity contribution in [2.75, 3.05) is 26.7 Å². The van der Waals surface area contributed by atoms with E-state index in [0.29, 0.717) is 6.54 Å². The summed E-state index contributed by atoms with van der Waals surface area (Å²) < 4.78 is 6.42. The van der Waals surface area contributed by atoms with Crippen molar-refractivity contribution in [2.24, 2.45) is 7.05 Å². The Balaban J connectivity index is 1.74. The number of methoxy groups -OCH3 is 1. The number of piperidine rings is 1. The van der Waals surface area contributed by atoms with Crippen LogP contribution in [0.4, 0.5) is 0 Å². The van der Waals surface area contributed by atoms with E-state index in [0.717, 1.165) is 24.4 Å². The fourth-order valence-corrected chi connectivity index (χ4v) is 3.42. The monoisotopic (exact) mass is 370 g/mol. The Hall–Kier alpha value is -2.67. The Bertz CT molecular complexity index is 826. The minimum atomic E-state index is -0.277. The molecule has 0 bridgehead atoms. The molecule has 3 rings (SSSR count). The van der Waals surface area contributed by atoms with Gasteiger partial charge in [-0.25, -0.2) is 4.68 Å². The zero-order chi connectivity index (χ0) is 19.2. The number of nitrogens with zero attached hydrogens (tertiary/aromatic N) is 3. The lowest BCUT2D eigenvalue weighted by atomic mass is 10.0. The number of ether oxygens (including phenoxy) is 1. The number of carbonyl (C=O) groups is 1. The van der Waals surface area contributed by atoms with Crippen molar-refractivity contribution in [1.82, 2.24) is 20.0 Å². The first-order valence-corrected chi connectivity index (χ1v) is 9.29. The maximum absolute atomic E-state index is 12.5. The number of aryl methyl sites for hydroxylation is 1. The third-order valence-corrected chi connectivity index (χ3v) is 4.98. The first-order chi connectivity index (χ1) is 13.1. The number of hydrogen-bond acceptors (Lipinski definition) is 5. The fraction of sp³-hybridized carbons (Fsp3) is 0.450. The van der Waals surface area contributed by atoms with E-state index in [1.807, 2.05) is 12.1 Å². The summed E-state index contributed by atoms with van der Waals surface area (Å²) in [6.45, 7) is 2.52. The van der Waals surface area contributed by atoms with Gasteiger partial charge in [0.1, 0.15) is 11.4 Å². The molecule has 1 aromatic heterocycles. The summed E-state index contributed by atoms with van der Waals surface area (Å²) in [6.07, 6.45) is 3.59. The number of aromatic nitrogens is 2. The molecule has 0 radical (unpaired) electrons. The van der Waals surface area contributed by atoms with Crippen LogP contribution in [0, 0.1) is 0 Å². The van der Waals surface area contributed by atoms with Crippen molar-refractivity contribution in [3.05, 3.63) is 58.0 Å². The number of carbonyl (C=O) groups excluding carboxylic acids is 1. The lowest BCUT2D eigenvalue weighted by Crippen LogP contribution is -2.41. The lowest BCUT2D eigenvalue weighted by molar-refractivity contribution is 0.0917. The van der Waals surface area contributed by atoms with Gasteiger partial charge in [-0.15, -0.1) is 0 Å². The molecule has 1 atom stereocenters. The molecule has 1 aromatic carbocycles. The highest BCUT2D eigenvalue weighted by Gasteiger charge is 2.23. The molecule has 1 N–H and O–H groups in total. The molecule has 27 heavy (non-hydrogen) atoms. The highest BCUT2D eigenvalue weighted by molar-refractivity contribution is 5.92. The molecule has 7 nitrogen and oxygen atoms in total. The van der Waals surface area contributed by atoms with Crippen LogP contribution in [0.2, 0.25) is 0 Å². The third-order valence-electron chi connectivity index (χ3n) is 4.98. The van der Waals surface area contributed by atoms with Crippen molar-refractivity contribution in [2.45, 2.75) is 25.3 Å². The quantitative estimate of drug-likeness (QED) is 0.838. The summed E-state index contributed by atoms with van der Waals surface area (Å²) in [5, 5.41) is 7.00. The first kappa shape index (κ1) is 19.1. The van der Waals surface area contributed by atoms with E-state index in [4.69, 9.17) is 4.74 Å². The smallest absolute Gasteiger partial charge is 0.271 e. The number of rotatable bonds is 6. The van der Waals surface area contributed by atoms with Gasteiger partial charge >= 0.3 is 0 Å². The zero-order valence-corrected chi connectivity index (χ0v) is 15.9. The Morgan fingerprint density at radius 1 is 1.15 bits per heavy atom. The first-order valence-electron chi connectivity index (χ1n) is 9.29. The van der Waals surface area contributed by atoms with Gasteiger partial charge in [0.15, 0.2) is 0 Å². The Labute approximate surface area is 158 Å². The van der Waals surface area contributed by atoms with Crippen LogP contribution in [-0.2, 0) is 7.05 Å². The summed E-state index contributed by atoms with van der Waals surface area (Å²) >= 11 is 0. The number of amides is 1. The van der Waals surface area contributed by atoms with Gasteiger partial charge in [-0.1, -0.05) is 18.6 Å². The molecule has 2 heterocycles. The highest BCUT2D eigenvalue weighted by Crippen LogP contribution is 2.25. The van der Waals surface area contributed by atoms with Crippen LogP contribution < -0.4 is 15.6 Å². The van der Waals surface area contributed by atoms with E-state index in [1.54, 1.807) is 7.11 Å². The van der Waals surface area contributed by atoms with Crippen molar-refractivity contribution < 1.29 is 9.53 Å². The van der Waals surface area contributed by atoms with Gasteiger partial charge in [-0.3, -0.25) is 14.5 Å². The molecule has 0 aliphatic carbocycles. The Morgan fingerprint density at radius 2 is 1.85 bits per heavy atom. The van der Waals surface area contributed by atoms with E-state index >= 15 is 0 Å². The van der Waals surface area contributed by atoms with Crippen molar-refractivity contribution in [3.8, 4) is 5.75 Å². The molecule has 1 saturated heterocycles.